The number of primary amides is 1. The van der Waals surface area contributed by atoms with E-state index in [2.05, 4.69) is 52.4 Å². The van der Waals surface area contributed by atoms with E-state index >= 15 is 0 Å². The third kappa shape index (κ3) is 19.5. The summed E-state index contributed by atoms with van der Waals surface area (Å²) in [6.07, 6.45) is 4.85. The van der Waals surface area contributed by atoms with Crippen molar-refractivity contribution in [1.29, 1.82) is 0 Å². The lowest BCUT2D eigenvalue weighted by atomic mass is 9.67. The number of thiazole rings is 1. The Morgan fingerprint density at radius 2 is 1.45 bits per heavy atom. The number of unbranched alkanes of at least 4 members (excludes halogenated alkanes) is 2. The lowest BCUT2D eigenvalue weighted by molar-refractivity contribution is -0.151. The summed E-state index contributed by atoms with van der Waals surface area (Å²) in [6.45, 7) is 14.7. The molecule has 1 saturated heterocycles. The first-order chi connectivity index (χ1) is 48.3. The van der Waals surface area contributed by atoms with Crippen molar-refractivity contribution >= 4 is 93.3 Å². The molecule has 6 heterocycles. The zero-order chi connectivity index (χ0) is 72.5. The van der Waals surface area contributed by atoms with E-state index in [1.54, 1.807) is 73.2 Å². The first-order valence-electron chi connectivity index (χ1n) is 34.1. The molecule has 5 aromatic rings. The molecular weight excluding hydrogens is 1340 g/mol. The topological polar surface area (TPSA) is 391 Å². The molecule has 3 aromatic heterocycles. The third-order valence-corrected chi connectivity index (χ3v) is 20.4. The molecule has 4 aliphatic rings. The third-order valence-electron chi connectivity index (χ3n) is 18.2. The minimum atomic E-state index is -1.38. The van der Waals surface area contributed by atoms with Gasteiger partial charge in [-0.05, 0) is 107 Å². The van der Waals surface area contributed by atoms with E-state index in [9.17, 15) is 53.1 Å². The smallest absolute Gasteiger partial charge is 0.312 e. The van der Waals surface area contributed by atoms with E-state index in [4.69, 9.17) is 24.9 Å². The molecule has 0 bridgehead atoms. The molecule has 1 saturated carbocycles. The van der Waals surface area contributed by atoms with Gasteiger partial charge in [-0.3, -0.25) is 57.6 Å². The number of β-amino-alcohol motifs (C(OH)–C–C–N with tert-alkyl or cyclic N) is 1. The van der Waals surface area contributed by atoms with E-state index in [0.29, 0.717) is 54.3 Å². The number of rotatable bonds is 35. The standard InChI is InChI=1S/C70H91N15O14S2/c1-41-43(3)101-65-57(41)58(46-18-20-48(21-19-46)77-62(91)50(13-11-27-74-68(71)96)79-67(95)70(24-12-25-70)66(94)73-26-9-8-10-29-83-55(89)22-23-56(83)90)78-51(61-82-81-44(4)85(61)65)36-53(87)72-28-30-97-31-32-98-33-34-99-39-54(88)80-60(69(5,6)7)64(93)84-38-49(86)35-52(84)63(92)75-37-45-14-16-47(17-15-45)59-42(2)76-40-100-59/h14-23,40,49-52,60,86H,8-13,24-39H2,1-7H3,(H,72,87)(H,73,94)(H,75,92)(H,77,91)(H,79,95)(H,80,88)(H3,71,74,96)/t49-,50+,51+,52+,60-/m1/s1. The number of thiophene rings is 1. The number of aliphatic hydroxyl groups excluding tert-OH is 1. The number of fused-ring (bicyclic) bond motifs is 3. The SMILES string of the molecule is Cc1ncsc1-c1ccc(CNC(=O)[C@@H]2C[C@@H](O)CN2C(=O)[C@@H](NC(=O)COCCOCCOCCNC(=O)C[C@@H]2N=C(c3ccc(NC(=O)[C@H](CCCNC(N)=O)NC(=O)C4(C(=O)NCCCCCN5C(=O)C=CC5=O)CCC4)cc3)c3c(sc(C)c3C)-n3c(C)nnc32)C(C)(C)C)cc1. The number of aliphatic hydroxyl groups is 1. The number of likely N-dealkylation sites (tertiary alicyclic amines) is 1. The maximum Gasteiger partial charge on any atom is 0.312 e. The average molecular weight is 1430 g/mol. The van der Waals surface area contributed by atoms with E-state index < -0.39 is 82.6 Å². The minimum Gasteiger partial charge on any atom is -0.391 e. The second-order valence-corrected chi connectivity index (χ2v) is 28.7. The molecule has 1 aliphatic carbocycles. The van der Waals surface area contributed by atoms with Gasteiger partial charge in [-0.1, -0.05) is 63.6 Å². The fourth-order valence-electron chi connectivity index (χ4n) is 12.3. The highest BCUT2D eigenvalue weighted by Gasteiger charge is 2.51. The fourth-order valence-corrected chi connectivity index (χ4v) is 14.4. The average Bonchev–Trinajstić information content (AvgIpc) is 1.66. The zero-order valence-electron chi connectivity index (χ0n) is 58.1. The number of carbonyl (C=O) groups excluding carboxylic acids is 10. The van der Waals surface area contributed by atoms with Crippen molar-refractivity contribution in [2.45, 2.75) is 149 Å². The molecule has 0 radical (unpaired) electrons. The van der Waals surface area contributed by atoms with Crippen molar-refractivity contribution in [1.82, 2.24) is 61.4 Å². The van der Waals surface area contributed by atoms with Crippen LogP contribution in [-0.2, 0) is 63.9 Å². The number of anilines is 1. The number of carbonyl (C=O) groups is 10. The molecule has 2 aromatic carbocycles. The number of nitrogens with two attached hydrogens (primary N) is 1. The Hall–Kier alpha value is -9.14. The molecule has 9 rings (SSSR count). The lowest BCUT2D eigenvalue weighted by Gasteiger charge is -2.39. The van der Waals surface area contributed by atoms with Crippen molar-refractivity contribution in [3.05, 3.63) is 111 Å². The summed E-state index contributed by atoms with van der Waals surface area (Å²) in [7, 11) is 0. The Balaban J connectivity index is 0.716. The highest BCUT2D eigenvalue weighted by atomic mass is 32.1. The van der Waals surface area contributed by atoms with Crippen LogP contribution < -0.4 is 43.0 Å². The first kappa shape index (κ1) is 76.0. The number of nitrogens with one attached hydrogen (secondary N) is 7. The van der Waals surface area contributed by atoms with Gasteiger partial charge in [0.25, 0.3) is 11.8 Å². The fraction of sp³-hybridized carbons (Fsp3) is 0.514. The Labute approximate surface area is 594 Å². The maximum absolute atomic E-state index is 14.2. The monoisotopic (exact) mass is 1430 g/mol. The molecule has 29 nitrogen and oxygen atoms in total. The van der Waals surface area contributed by atoms with Crippen molar-refractivity contribution in [2.24, 2.45) is 21.6 Å². The summed E-state index contributed by atoms with van der Waals surface area (Å²) in [5.41, 5.74) is 11.3. The van der Waals surface area contributed by atoms with Crippen LogP contribution in [0.4, 0.5) is 10.5 Å². The van der Waals surface area contributed by atoms with Crippen molar-refractivity contribution in [3.63, 3.8) is 0 Å². The van der Waals surface area contributed by atoms with Crippen LogP contribution in [0.2, 0.25) is 0 Å². The van der Waals surface area contributed by atoms with Crippen molar-refractivity contribution in [3.8, 4) is 15.4 Å². The summed E-state index contributed by atoms with van der Waals surface area (Å²) >= 11 is 3.11. The number of amides is 11. The molecule has 10 N–H and O–H groups in total. The van der Waals surface area contributed by atoms with Gasteiger partial charge in [-0.25, -0.2) is 9.78 Å². The van der Waals surface area contributed by atoms with Gasteiger partial charge in [0.2, 0.25) is 41.4 Å². The van der Waals surface area contributed by atoms with Gasteiger partial charge in [0.15, 0.2) is 5.82 Å². The summed E-state index contributed by atoms with van der Waals surface area (Å²) in [5.74, 6) is -2.94. The number of aryl methyl sites for hydroxylation is 3. The van der Waals surface area contributed by atoms with E-state index in [0.717, 1.165) is 42.7 Å². The van der Waals surface area contributed by atoms with Gasteiger partial charge in [-0.2, -0.15) is 0 Å². The van der Waals surface area contributed by atoms with Crippen LogP contribution in [0.5, 0.6) is 0 Å². The molecule has 5 atom stereocenters. The number of hydrogen-bond acceptors (Lipinski definition) is 20. The van der Waals surface area contributed by atoms with Crippen LogP contribution in [0.25, 0.3) is 15.4 Å². The summed E-state index contributed by atoms with van der Waals surface area (Å²) in [4.78, 5) is 146. The zero-order valence-corrected chi connectivity index (χ0v) is 59.7. The summed E-state index contributed by atoms with van der Waals surface area (Å²) < 4.78 is 18.9. The van der Waals surface area contributed by atoms with Crippen molar-refractivity contribution in [2.75, 3.05) is 77.7 Å². The number of hydrogen-bond donors (Lipinski definition) is 9. The number of imide groups is 1. The Morgan fingerprint density at radius 1 is 0.762 bits per heavy atom. The van der Waals surface area contributed by atoms with Gasteiger partial charge in [0, 0.05) is 79.5 Å². The summed E-state index contributed by atoms with van der Waals surface area (Å²) in [5, 5.41) is 40.2. The van der Waals surface area contributed by atoms with Gasteiger partial charge < -0.3 is 67.2 Å². The molecule has 3 aliphatic heterocycles. The van der Waals surface area contributed by atoms with Gasteiger partial charge in [0.05, 0.1) is 67.4 Å². The van der Waals surface area contributed by atoms with Gasteiger partial charge in [-0.15, -0.1) is 32.9 Å². The lowest BCUT2D eigenvalue weighted by Crippen LogP contribution is -2.58. The molecule has 11 amide bonds. The molecule has 31 heteroatoms. The maximum atomic E-state index is 14.2. The normalized spacial score (nSPS) is 17.4. The predicted molar refractivity (Wildman–Crippen MR) is 376 cm³/mol. The second kappa shape index (κ2) is 35.0. The summed E-state index contributed by atoms with van der Waals surface area (Å²) in [6, 6.07) is 10.2. The minimum absolute atomic E-state index is 0.0573. The molecule has 542 valence electrons. The first-order valence-corrected chi connectivity index (χ1v) is 35.8. The van der Waals surface area contributed by atoms with Gasteiger partial charge in [0.1, 0.15) is 47.0 Å². The van der Waals surface area contributed by atoms with Crippen LogP contribution in [0, 0.1) is 38.5 Å². The Morgan fingerprint density at radius 3 is 2.11 bits per heavy atom. The van der Waals surface area contributed by atoms with Crippen LogP contribution >= 0.6 is 22.7 Å². The van der Waals surface area contributed by atoms with Crippen LogP contribution in [0.15, 0.2) is 71.2 Å². The van der Waals surface area contributed by atoms with Crippen LogP contribution in [0.1, 0.15) is 135 Å². The highest BCUT2D eigenvalue weighted by molar-refractivity contribution is 7.15. The number of nitrogens with zero attached hydrogens (tertiary/aromatic N) is 7. The Bertz CT molecular complexity index is 3870. The number of ether oxygens (including phenoxy) is 3. The number of urea groups is 1. The number of benzene rings is 2. The Kier molecular flexibility index (Phi) is 26.3. The van der Waals surface area contributed by atoms with E-state index in [1.807, 2.05) is 56.5 Å². The predicted octanol–water partition coefficient (Wildman–Crippen LogP) is 4.20. The number of aromatic nitrogens is 4. The van der Waals surface area contributed by atoms with Crippen molar-refractivity contribution < 1.29 is 67.3 Å². The molecule has 2 fully saturated rings. The van der Waals surface area contributed by atoms with E-state index in [1.165, 1.54) is 22.0 Å². The van der Waals surface area contributed by atoms with Crippen LogP contribution in [0.3, 0.4) is 0 Å². The largest absolute Gasteiger partial charge is 0.391 e. The highest BCUT2D eigenvalue weighted by Crippen LogP contribution is 2.43. The molecular formula is C70H91N15O14S2. The van der Waals surface area contributed by atoms with E-state index in [-0.39, 0.29) is 135 Å². The molecule has 0 unspecified atom stereocenters. The van der Waals surface area contributed by atoms with Crippen LogP contribution in [-0.4, -0.2) is 196 Å². The van der Waals surface area contributed by atoms with Gasteiger partial charge >= 0.3 is 6.03 Å². The quantitative estimate of drug-likeness (QED) is 0.0156. The molecule has 101 heavy (non-hydrogen) atoms. The second-order valence-electron chi connectivity index (χ2n) is 26.6. The number of aliphatic imine (C=N–C) groups is 1. The molecule has 0 spiro atoms.